The molecule has 0 bridgehead atoms. The van der Waals surface area contributed by atoms with Crippen molar-refractivity contribution in [2.75, 3.05) is 0 Å². The lowest BCUT2D eigenvalue weighted by Gasteiger charge is -1.91. The van der Waals surface area contributed by atoms with Gasteiger partial charge in [-0.25, -0.2) is 0 Å². The van der Waals surface area contributed by atoms with E-state index in [1.165, 1.54) is 9.75 Å². The van der Waals surface area contributed by atoms with Crippen LogP contribution in [0.1, 0.15) is 23.2 Å². The molecule has 0 saturated carbocycles. The zero-order valence-electron chi connectivity index (χ0n) is 10.8. The third-order valence-electron chi connectivity index (χ3n) is 3.68. The SMILES string of the molecule is C=c1c2c(s/c1=C1/Sc3ccccc3C1=O)=CCCC=2. The van der Waals surface area contributed by atoms with E-state index in [4.69, 9.17) is 0 Å². The lowest BCUT2D eigenvalue weighted by atomic mass is 10.1. The number of thioether (sulfide) groups is 1. The summed E-state index contributed by atoms with van der Waals surface area (Å²) in [5.74, 6) is 0.147. The summed E-state index contributed by atoms with van der Waals surface area (Å²) in [5, 5.41) is 2.25. The van der Waals surface area contributed by atoms with Crippen molar-refractivity contribution in [2.24, 2.45) is 0 Å². The first-order valence-electron chi connectivity index (χ1n) is 6.60. The Labute approximate surface area is 124 Å². The molecule has 0 unspecified atom stereocenters. The Morgan fingerprint density at radius 1 is 1.10 bits per heavy atom. The molecule has 1 aromatic carbocycles. The van der Waals surface area contributed by atoms with Crippen LogP contribution < -0.4 is 19.5 Å². The average Bonchev–Trinajstić information content (AvgIpc) is 2.98. The van der Waals surface area contributed by atoms with E-state index in [0.29, 0.717) is 0 Å². The molecule has 1 nitrogen and oxygen atoms in total. The minimum atomic E-state index is 0.147. The van der Waals surface area contributed by atoms with Crippen molar-refractivity contribution in [1.29, 1.82) is 0 Å². The van der Waals surface area contributed by atoms with Crippen molar-refractivity contribution in [1.82, 2.24) is 0 Å². The first-order chi connectivity index (χ1) is 9.75. The highest BCUT2D eigenvalue weighted by atomic mass is 32.2. The Morgan fingerprint density at radius 3 is 2.70 bits per heavy atom. The number of carbonyl (C=O) groups is 1. The van der Waals surface area contributed by atoms with Crippen LogP contribution in [0.5, 0.6) is 0 Å². The fourth-order valence-electron chi connectivity index (χ4n) is 2.67. The van der Waals surface area contributed by atoms with Crippen LogP contribution >= 0.6 is 23.1 Å². The first kappa shape index (κ1) is 12.2. The molecule has 0 atom stereocenters. The van der Waals surface area contributed by atoms with E-state index in [-0.39, 0.29) is 5.78 Å². The van der Waals surface area contributed by atoms with Gasteiger partial charge in [-0.2, -0.15) is 0 Å². The smallest absolute Gasteiger partial charge is 0.202 e. The van der Waals surface area contributed by atoms with Gasteiger partial charge in [0, 0.05) is 15.0 Å². The van der Waals surface area contributed by atoms with Gasteiger partial charge in [0.1, 0.15) is 0 Å². The number of thiophene rings is 1. The monoisotopic (exact) mass is 296 g/mol. The van der Waals surface area contributed by atoms with E-state index in [1.807, 2.05) is 24.3 Å². The number of hydrogen-bond donors (Lipinski definition) is 0. The fraction of sp³-hybridized carbons (Fsp3) is 0.118. The summed E-state index contributed by atoms with van der Waals surface area (Å²) in [6.45, 7) is 4.21. The molecular formula is C17H12OS2. The normalized spacial score (nSPS) is 19.1. The zero-order valence-corrected chi connectivity index (χ0v) is 12.4. The zero-order chi connectivity index (χ0) is 13.7. The molecule has 0 radical (unpaired) electrons. The van der Waals surface area contributed by atoms with Crippen LogP contribution in [0.2, 0.25) is 0 Å². The van der Waals surface area contributed by atoms with Gasteiger partial charge in [-0.1, -0.05) is 42.6 Å². The van der Waals surface area contributed by atoms with Crippen LogP contribution in [0.25, 0.3) is 23.6 Å². The number of carbonyl (C=O) groups excluding carboxylic acids is 1. The van der Waals surface area contributed by atoms with Crippen LogP contribution in [0.3, 0.4) is 0 Å². The second kappa shape index (κ2) is 4.47. The second-order valence-corrected chi connectivity index (χ2v) is 7.03. The van der Waals surface area contributed by atoms with E-state index in [2.05, 4.69) is 18.7 Å². The van der Waals surface area contributed by atoms with Gasteiger partial charge in [0.05, 0.1) is 9.44 Å². The molecule has 1 aromatic heterocycles. The van der Waals surface area contributed by atoms with Crippen LogP contribution in [0.4, 0.5) is 0 Å². The minimum Gasteiger partial charge on any atom is -0.288 e. The van der Waals surface area contributed by atoms with Crippen molar-refractivity contribution in [3.8, 4) is 0 Å². The van der Waals surface area contributed by atoms with E-state index in [9.17, 15) is 4.79 Å². The van der Waals surface area contributed by atoms with Gasteiger partial charge in [-0.05, 0) is 35.4 Å². The molecule has 0 saturated heterocycles. The van der Waals surface area contributed by atoms with Crippen molar-refractivity contribution in [2.45, 2.75) is 17.7 Å². The summed E-state index contributed by atoms with van der Waals surface area (Å²) >= 11 is 3.29. The largest absolute Gasteiger partial charge is 0.288 e. The number of rotatable bonds is 0. The average molecular weight is 296 g/mol. The number of ketones is 1. The molecule has 0 N–H and O–H groups in total. The summed E-state index contributed by atoms with van der Waals surface area (Å²) in [6.07, 6.45) is 6.66. The van der Waals surface area contributed by atoms with Crippen molar-refractivity contribution in [3.63, 3.8) is 0 Å². The molecule has 4 rings (SSSR count). The van der Waals surface area contributed by atoms with E-state index < -0.39 is 0 Å². The van der Waals surface area contributed by atoms with E-state index in [1.54, 1.807) is 23.1 Å². The Bertz CT molecular complexity index is 963. The second-order valence-electron chi connectivity index (χ2n) is 4.93. The first-order valence-corrected chi connectivity index (χ1v) is 8.23. The molecule has 2 heterocycles. The summed E-state index contributed by atoms with van der Waals surface area (Å²) in [4.78, 5) is 14.5. The molecule has 1 aliphatic heterocycles. The summed E-state index contributed by atoms with van der Waals surface area (Å²) in [5.41, 5.74) is 0.825. The third kappa shape index (κ3) is 1.67. The van der Waals surface area contributed by atoms with Gasteiger partial charge in [0.25, 0.3) is 0 Å². The molecular weight excluding hydrogens is 284 g/mol. The van der Waals surface area contributed by atoms with E-state index in [0.717, 1.165) is 38.0 Å². The van der Waals surface area contributed by atoms with Crippen LogP contribution in [-0.4, -0.2) is 5.78 Å². The molecule has 2 aromatic rings. The third-order valence-corrected chi connectivity index (χ3v) is 6.24. The van der Waals surface area contributed by atoms with E-state index >= 15 is 0 Å². The maximum absolute atomic E-state index is 12.6. The number of fused-ring (bicyclic) bond motifs is 2. The predicted molar refractivity (Wildman–Crippen MR) is 86.5 cm³/mol. The molecule has 98 valence electrons. The minimum absolute atomic E-state index is 0.147. The summed E-state index contributed by atoms with van der Waals surface area (Å²) < 4.78 is 2.32. The summed E-state index contributed by atoms with van der Waals surface area (Å²) in [6, 6.07) is 7.83. The van der Waals surface area contributed by atoms with Crippen LogP contribution in [0.15, 0.2) is 29.2 Å². The fourth-order valence-corrected chi connectivity index (χ4v) is 5.13. The maximum Gasteiger partial charge on any atom is 0.202 e. The highest BCUT2D eigenvalue weighted by Crippen LogP contribution is 2.39. The molecule has 0 amide bonds. The van der Waals surface area contributed by atoms with Gasteiger partial charge in [0.2, 0.25) is 5.78 Å². The molecule has 3 heteroatoms. The molecule has 2 aliphatic rings. The lowest BCUT2D eigenvalue weighted by Crippen LogP contribution is -2.38. The standard InChI is InChI=1S/C17H12OS2/c1-10-11-6-2-4-8-13(11)19-16(10)17-15(18)12-7-3-5-9-14(12)20-17/h3,5-9H,1-2,4H2/b17-16+. The number of benzene rings is 1. The quantitative estimate of drug-likeness (QED) is 0.735. The topological polar surface area (TPSA) is 17.1 Å². The molecule has 1 aliphatic carbocycles. The van der Waals surface area contributed by atoms with Crippen molar-refractivity contribution >= 4 is 52.5 Å². The summed E-state index contributed by atoms with van der Waals surface area (Å²) in [7, 11) is 0. The highest BCUT2D eigenvalue weighted by Gasteiger charge is 2.26. The number of Topliss-reactive ketones (excluding diaryl/α,β-unsaturated/α-hetero) is 1. The molecule has 20 heavy (non-hydrogen) atoms. The van der Waals surface area contributed by atoms with Gasteiger partial charge >= 0.3 is 0 Å². The van der Waals surface area contributed by atoms with Gasteiger partial charge < -0.3 is 0 Å². The van der Waals surface area contributed by atoms with Gasteiger partial charge in [-0.15, -0.1) is 11.3 Å². The van der Waals surface area contributed by atoms with Gasteiger partial charge in [-0.3, -0.25) is 4.79 Å². The molecule has 0 spiro atoms. The van der Waals surface area contributed by atoms with Crippen molar-refractivity contribution in [3.05, 3.63) is 49.3 Å². The lowest BCUT2D eigenvalue weighted by molar-refractivity contribution is 0.105. The van der Waals surface area contributed by atoms with Crippen molar-refractivity contribution < 1.29 is 4.79 Å². The Morgan fingerprint density at radius 2 is 1.90 bits per heavy atom. The molecule has 0 fully saturated rings. The Hall–Kier alpha value is -1.58. The number of hydrogen-bond acceptors (Lipinski definition) is 3. The Kier molecular flexibility index (Phi) is 2.72. The Balaban J connectivity index is 2.07. The maximum atomic E-state index is 12.6. The highest BCUT2D eigenvalue weighted by molar-refractivity contribution is 8.10. The van der Waals surface area contributed by atoms with Crippen LogP contribution in [-0.2, 0) is 0 Å². The van der Waals surface area contributed by atoms with Gasteiger partial charge in [0.15, 0.2) is 0 Å². The van der Waals surface area contributed by atoms with Crippen LogP contribution in [0, 0.1) is 0 Å². The predicted octanol–water partition coefficient (Wildman–Crippen LogP) is 1.61.